The van der Waals surface area contributed by atoms with E-state index in [-0.39, 0.29) is 5.91 Å². The molecule has 150 valence electrons. The largest absolute Gasteiger partial charge is 0.397 e. The molecule has 0 aliphatic heterocycles. The van der Waals surface area contributed by atoms with Crippen molar-refractivity contribution in [1.29, 1.82) is 0 Å². The minimum Gasteiger partial charge on any atom is -0.397 e. The molecular weight excluding hydrogens is 394 g/mol. The van der Waals surface area contributed by atoms with Gasteiger partial charge in [0, 0.05) is 48.0 Å². The smallest absolute Gasteiger partial charge is 0.270 e. The number of thiophene rings is 1. The van der Waals surface area contributed by atoms with Crippen molar-refractivity contribution in [3.8, 4) is 11.3 Å². The monoisotopic (exact) mass is 415 g/mol. The zero-order valence-corrected chi connectivity index (χ0v) is 17.6. The molecule has 30 heavy (non-hydrogen) atoms. The zero-order chi connectivity index (χ0) is 21.1. The highest BCUT2D eigenvalue weighted by Crippen LogP contribution is 2.35. The molecule has 0 fully saturated rings. The third kappa shape index (κ3) is 3.92. The van der Waals surface area contributed by atoms with Crippen LogP contribution in [0.4, 0.5) is 11.4 Å². The number of anilines is 2. The van der Waals surface area contributed by atoms with Crippen LogP contribution in [0.3, 0.4) is 0 Å². The van der Waals surface area contributed by atoms with Crippen molar-refractivity contribution in [3.05, 3.63) is 77.7 Å². The van der Waals surface area contributed by atoms with Crippen molar-refractivity contribution in [3.63, 3.8) is 0 Å². The Hall–Kier alpha value is -3.58. The molecule has 0 spiro atoms. The molecule has 0 bridgehead atoms. The number of carbonyl (C=O) groups is 1. The van der Waals surface area contributed by atoms with Crippen LogP contribution >= 0.6 is 11.3 Å². The molecule has 0 atom stereocenters. The molecule has 0 saturated heterocycles. The van der Waals surface area contributed by atoms with Gasteiger partial charge in [-0.3, -0.25) is 14.8 Å². The Morgan fingerprint density at radius 2 is 1.90 bits per heavy atom. The van der Waals surface area contributed by atoms with E-state index in [9.17, 15) is 4.79 Å². The summed E-state index contributed by atoms with van der Waals surface area (Å²) in [5, 5.41) is 0.785. The Balaban J connectivity index is 1.75. The van der Waals surface area contributed by atoms with E-state index in [1.165, 1.54) is 11.3 Å². The van der Waals surface area contributed by atoms with Gasteiger partial charge in [-0.15, -0.1) is 11.3 Å². The first kappa shape index (κ1) is 19.7. The first-order valence-corrected chi connectivity index (χ1v) is 10.3. The number of carbonyl (C=O) groups excluding carboxylic acids is 1. The van der Waals surface area contributed by atoms with Crippen LogP contribution in [-0.4, -0.2) is 27.4 Å². The normalized spacial score (nSPS) is 10.7. The zero-order valence-electron chi connectivity index (χ0n) is 16.7. The predicted octanol–water partition coefficient (Wildman–Crippen LogP) is 4.95. The number of amides is 1. The Labute approximate surface area is 178 Å². The maximum absolute atomic E-state index is 13.5. The summed E-state index contributed by atoms with van der Waals surface area (Å²) in [5.41, 5.74) is 10.5. The van der Waals surface area contributed by atoms with Crippen molar-refractivity contribution in [2.24, 2.45) is 0 Å². The van der Waals surface area contributed by atoms with Crippen LogP contribution in [0.25, 0.3) is 21.5 Å². The van der Waals surface area contributed by atoms with E-state index >= 15 is 0 Å². The fraction of sp³-hybridized carbons (Fsp3) is 0.130. The number of hydrogen-bond acceptors (Lipinski definition) is 6. The standard InChI is InChI=1S/C23H21N5OS/c1-15(2)9-13-28(17-7-11-25-12-8-17)23(29)21-20(24)18-5-6-19(27-22(18)30-21)16-4-3-10-26-14-16/h3-12,14H,13,24H2,1-2H3. The molecule has 4 aromatic rings. The fourth-order valence-corrected chi connectivity index (χ4v) is 4.10. The number of pyridine rings is 3. The number of nitrogens with zero attached hydrogens (tertiary/aromatic N) is 4. The van der Waals surface area contributed by atoms with Crippen LogP contribution in [0, 0.1) is 0 Å². The molecule has 0 aromatic carbocycles. The van der Waals surface area contributed by atoms with E-state index in [1.54, 1.807) is 29.7 Å². The number of fused-ring (bicyclic) bond motifs is 1. The lowest BCUT2D eigenvalue weighted by Crippen LogP contribution is -2.31. The molecule has 0 aliphatic rings. The first-order valence-electron chi connectivity index (χ1n) is 9.49. The summed E-state index contributed by atoms with van der Waals surface area (Å²) in [7, 11) is 0. The van der Waals surface area contributed by atoms with Crippen LogP contribution < -0.4 is 10.6 Å². The molecule has 4 rings (SSSR count). The second kappa shape index (κ2) is 8.42. The van der Waals surface area contributed by atoms with Crippen LogP contribution in [-0.2, 0) is 0 Å². The maximum Gasteiger partial charge on any atom is 0.270 e. The highest BCUT2D eigenvalue weighted by molar-refractivity contribution is 7.21. The summed E-state index contributed by atoms with van der Waals surface area (Å²) < 4.78 is 0. The van der Waals surface area contributed by atoms with Gasteiger partial charge < -0.3 is 10.6 Å². The van der Waals surface area contributed by atoms with E-state index in [2.05, 4.69) is 9.97 Å². The van der Waals surface area contributed by atoms with Crippen molar-refractivity contribution >= 4 is 38.8 Å². The number of allylic oxidation sites excluding steroid dienone is 1. The Morgan fingerprint density at radius 3 is 2.60 bits per heavy atom. The third-order valence-corrected chi connectivity index (χ3v) is 5.75. The van der Waals surface area contributed by atoms with Crippen LogP contribution in [0.2, 0.25) is 0 Å². The Morgan fingerprint density at radius 1 is 1.10 bits per heavy atom. The van der Waals surface area contributed by atoms with Crippen molar-refractivity contribution in [2.45, 2.75) is 13.8 Å². The van der Waals surface area contributed by atoms with Gasteiger partial charge in [-0.05, 0) is 50.2 Å². The third-order valence-electron chi connectivity index (χ3n) is 4.65. The van der Waals surface area contributed by atoms with Crippen molar-refractivity contribution in [2.75, 3.05) is 17.2 Å². The predicted molar refractivity (Wildman–Crippen MR) is 123 cm³/mol. The van der Waals surface area contributed by atoms with Gasteiger partial charge in [-0.2, -0.15) is 0 Å². The van der Waals surface area contributed by atoms with Gasteiger partial charge in [0.05, 0.1) is 11.4 Å². The summed E-state index contributed by atoms with van der Waals surface area (Å²) in [6, 6.07) is 11.3. The average molecular weight is 416 g/mol. The summed E-state index contributed by atoms with van der Waals surface area (Å²) in [6.45, 7) is 4.47. The molecule has 2 N–H and O–H groups in total. The van der Waals surface area contributed by atoms with Gasteiger partial charge >= 0.3 is 0 Å². The van der Waals surface area contributed by atoms with Crippen LogP contribution in [0.1, 0.15) is 23.5 Å². The molecule has 6 nitrogen and oxygen atoms in total. The lowest BCUT2D eigenvalue weighted by molar-refractivity contribution is 0.0994. The molecule has 0 aliphatic carbocycles. The number of hydrogen-bond donors (Lipinski definition) is 1. The second-order valence-electron chi connectivity index (χ2n) is 7.04. The maximum atomic E-state index is 13.5. The molecule has 7 heteroatoms. The minimum atomic E-state index is -0.151. The van der Waals surface area contributed by atoms with Gasteiger partial charge in [-0.1, -0.05) is 11.6 Å². The summed E-state index contributed by atoms with van der Waals surface area (Å²) >= 11 is 1.31. The lowest BCUT2D eigenvalue weighted by Gasteiger charge is -2.21. The van der Waals surface area contributed by atoms with E-state index in [0.29, 0.717) is 17.1 Å². The molecular formula is C23H21N5OS. The fourth-order valence-electron chi connectivity index (χ4n) is 3.06. The molecule has 4 aromatic heterocycles. The molecule has 0 radical (unpaired) electrons. The first-order chi connectivity index (χ1) is 14.5. The van der Waals surface area contributed by atoms with E-state index in [0.717, 1.165) is 32.7 Å². The summed E-state index contributed by atoms with van der Waals surface area (Å²) in [4.78, 5) is 29.3. The SMILES string of the molecule is CC(C)=CCN(C(=O)c1sc2nc(-c3cccnc3)ccc2c1N)c1ccncc1. The molecule has 0 saturated carbocycles. The topological polar surface area (TPSA) is 85.0 Å². The van der Waals surface area contributed by atoms with Crippen LogP contribution in [0.5, 0.6) is 0 Å². The lowest BCUT2D eigenvalue weighted by atomic mass is 10.1. The summed E-state index contributed by atoms with van der Waals surface area (Å²) in [6.07, 6.45) is 8.85. The Bertz CT molecular complexity index is 1210. The van der Waals surface area contributed by atoms with Crippen molar-refractivity contribution < 1.29 is 4.79 Å². The van der Waals surface area contributed by atoms with E-state index in [4.69, 9.17) is 10.7 Å². The van der Waals surface area contributed by atoms with Crippen molar-refractivity contribution in [1.82, 2.24) is 15.0 Å². The highest BCUT2D eigenvalue weighted by Gasteiger charge is 2.23. The molecule has 0 unspecified atom stereocenters. The van der Waals surface area contributed by atoms with E-state index < -0.39 is 0 Å². The summed E-state index contributed by atoms with van der Waals surface area (Å²) in [5.74, 6) is -0.151. The van der Waals surface area contributed by atoms with E-state index in [1.807, 2.05) is 56.3 Å². The number of aromatic nitrogens is 3. The minimum absolute atomic E-state index is 0.151. The highest BCUT2D eigenvalue weighted by atomic mass is 32.1. The number of rotatable bonds is 5. The second-order valence-corrected chi connectivity index (χ2v) is 8.04. The Kier molecular flexibility index (Phi) is 5.54. The molecule has 4 heterocycles. The number of nitrogen functional groups attached to an aromatic ring is 1. The van der Waals surface area contributed by atoms with Gasteiger partial charge in [0.2, 0.25) is 0 Å². The average Bonchev–Trinajstić information content (AvgIpc) is 3.11. The van der Waals surface area contributed by atoms with Gasteiger partial charge in [0.1, 0.15) is 9.71 Å². The molecule has 1 amide bonds. The van der Waals surface area contributed by atoms with Gasteiger partial charge in [0.15, 0.2) is 0 Å². The van der Waals surface area contributed by atoms with Gasteiger partial charge in [0.25, 0.3) is 5.91 Å². The quantitative estimate of drug-likeness (QED) is 0.466. The van der Waals surface area contributed by atoms with Gasteiger partial charge in [-0.25, -0.2) is 4.98 Å². The van der Waals surface area contributed by atoms with Crippen LogP contribution in [0.15, 0.2) is 72.8 Å². The number of nitrogens with two attached hydrogens (primary N) is 1.